The number of hydrogen-bond donors (Lipinski definition) is 1. The largest absolute Gasteiger partial charge is 0.383 e. The van der Waals surface area contributed by atoms with Gasteiger partial charge in [0.15, 0.2) is 0 Å². The molecule has 0 amide bonds. The highest BCUT2D eigenvalue weighted by atomic mass is 35.5. The zero-order chi connectivity index (χ0) is 14.9. The van der Waals surface area contributed by atoms with Crippen molar-refractivity contribution in [1.82, 2.24) is 9.55 Å². The molecule has 3 nitrogen and oxygen atoms in total. The first kappa shape index (κ1) is 14.4. The van der Waals surface area contributed by atoms with E-state index in [-0.39, 0.29) is 10.9 Å². The van der Waals surface area contributed by atoms with E-state index in [1.54, 1.807) is 10.6 Å². The average molecular weight is 292 g/mol. The first-order chi connectivity index (χ1) is 9.45. The summed E-state index contributed by atoms with van der Waals surface area (Å²) < 4.78 is 14.9. The van der Waals surface area contributed by atoms with Gasteiger partial charge in [0.25, 0.3) is 0 Å². The first-order valence-corrected chi connectivity index (χ1v) is 6.58. The summed E-state index contributed by atoms with van der Waals surface area (Å²) in [4.78, 5) is 4.52. The van der Waals surface area contributed by atoms with Gasteiger partial charge in [-0.1, -0.05) is 31.4 Å². The second kappa shape index (κ2) is 5.56. The topological polar surface area (TPSA) is 43.8 Å². The van der Waals surface area contributed by atoms with Gasteiger partial charge >= 0.3 is 0 Å². The zero-order valence-corrected chi connectivity index (χ0v) is 12.1. The molecule has 0 fully saturated rings. The van der Waals surface area contributed by atoms with Crippen molar-refractivity contribution >= 4 is 17.4 Å². The third-order valence-electron chi connectivity index (χ3n) is 2.99. The van der Waals surface area contributed by atoms with Crippen molar-refractivity contribution in [2.45, 2.75) is 26.3 Å². The Bertz CT molecular complexity index is 683. The summed E-state index contributed by atoms with van der Waals surface area (Å²) in [5.41, 5.74) is 7.26. The minimum atomic E-state index is -0.399. The van der Waals surface area contributed by atoms with Crippen LogP contribution in [0.1, 0.15) is 25.6 Å². The SMILES string of the molecule is C#CCn1c(C(C)C)nc(-c2ccc(F)cc2Cl)c1N. The van der Waals surface area contributed by atoms with Crippen molar-refractivity contribution in [2.75, 3.05) is 5.73 Å². The molecule has 2 N–H and O–H groups in total. The summed E-state index contributed by atoms with van der Waals surface area (Å²) in [5, 5.41) is 0.275. The van der Waals surface area contributed by atoms with Crippen LogP contribution in [0.4, 0.5) is 10.2 Å². The molecule has 0 aliphatic rings. The summed E-state index contributed by atoms with van der Waals surface area (Å²) in [6, 6.07) is 4.14. The van der Waals surface area contributed by atoms with E-state index in [4.69, 9.17) is 23.8 Å². The number of hydrogen-bond acceptors (Lipinski definition) is 2. The van der Waals surface area contributed by atoms with Crippen LogP contribution in [0.3, 0.4) is 0 Å². The normalized spacial score (nSPS) is 10.8. The molecule has 1 aromatic carbocycles. The molecule has 104 valence electrons. The standard InChI is InChI=1S/C15H15ClFN3/c1-4-7-20-14(18)13(19-15(20)9(2)3)11-6-5-10(17)8-12(11)16/h1,5-6,8-9H,7,18H2,2-3H3. The molecule has 0 atom stereocenters. The van der Waals surface area contributed by atoms with Crippen LogP contribution >= 0.6 is 11.6 Å². The lowest BCUT2D eigenvalue weighted by Gasteiger charge is -2.08. The average Bonchev–Trinajstić information content (AvgIpc) is 2.68. The van der Waals surface area contributed by atoms with Crippen LogP contribution in [0.25, 0.3) is 11.3 Å². The highest BCUT2D eigenvalue weighted by Crippen LogP contribution is 2.34. The maximum atomic E-state index is 13.1. The van der Waals surface area contributed by atoms with Crippen LogP contribution in [-0.2, 0) is 6.54 Å². The Morgan fingerprint density at radius 1 is 1.50 bits per heavy atom. The Kier molecular flexibility index (Phi) is 4.01. The number of benzene rings is 1. The van der Waals surface area contributed by atoms with Crippen LogP contribution in [0, 0.1) is 18.2 Å². The van der Waals surface area contributed by atoms with Crippen LogP contribution < -0.4 is 5.73 Å². The monoisotopic (exact) mass is 291 g/mol. The number of anilines is 1. The number of imidazole rings is 1. The second-order valence-corrected chi connectivity index (χ2v) is 5.18. The van der Waals surface area contributed by atoms with Gasteiger partial charge in [-0.2, -0.15) is 0 Å². The molecule has 0 aliphatic carbocycles. The van der Waals surface area contributed by atoms with E-state index in [1.807, 2.05) is 13.8 Å². The molecule has 0 bridgehead atoms. The summed E-state index contributed by atoms with van der Waals surface area (Å²) in [5.74, 6) is 3.56. The molecule has 0 unspecified atom stereocenters. The van der Waals surface area contributed by atoms with Crippen LogP contribution in [0.2, 0.25) is 5.02 Å². The van der Waals surface area contributed by atoms with Crippen LogP contribution in [0.5, 0.6) is 0 Å². The quantitative estimate of drug-likeness (QED) is 0.877. The van der Waals surface area contributed by atoms with E-state index in [0.29, 0.717) is 23.6 Å². The third kappa shape index (κ3) is 2.50. The third-order valence-corrected chi connectivity index (χ3v) is 3.30. The van der Waals surface area contributed by atoms with E-state index in [0.717, 1.165) is 5.82 Å². The Morgan fingerprint density at radius 2 is 2.20 bits per heavy atom. The van der Waals surface area contributed by atoms with Gasteiger partial charge in [0, 0.05) is 11.5 Å². The zero-order valence-electron chi connectivity index (χ0n) is 11.3. The molecule has 0 saturated heterocycles. The molecule has 0 radical (unpaired) electrons. The molecule has 0 aliphatic heterocycles. The Balaban J connectivity index is 2.63. The van der Waals surface area contributed by atoms with Crippen molar-refractivity contribution in [2.24, 2.45) is 0 Å². The number of rotatable bonds is 3. The molecule has 20 heavy (non-hydrogen) atoms. The molecule has 1 aromatic heterocycles. The molecule has 2 aromatic rings. The van der Waals surface area contributed by atoms with Gasteiger partial charge in [-0.3, -0.25) is 0 Å². The van der Waals surface area contributed by atoms with Crippen molar-refractivity contribution in [3.05, 3.63) is 34.9 Å². The second-order valence-electron chi connectivity index (χ2n) is 4.77. The van der Waals surface area contributed by atoms with Gasteiger partial charge in [0.05, 0.1) is 11.6 Å². The van der Waals surface area contributed by atoms with E-state index in [2.05, 4.69) is 10.9 Å². The summed E-state index contributed by atoms with van der Waals surface area (Å²) in [7, 11) is 0. The minimum Gasteiger partial charge on any atom is -0.383 e. The van der Waals surface area contributed by atoms with Crippen molar-refractivity contribution in [1.29, 1.82) is 0 Å². The predicted molar refractivity (Wildman–Crippen MR) is 80.0 cm³/mol. The number of halogens is 2. The van der Waals surface area contributed by atoms with Crippen LogP contribution in [0.15, 0.2) is 18.2 Å². The summed E-state index contributed by atoms with van der Waals surface area (Å²) >= 11 is 6.07. The lowest BCUT2D eigenvalue weighted by molar-refractivity contribution is 0.628. The van der Waals surface area contributed by atoms with Crippen molar-refractivity contribution in [3.63, 3.8) is 0 Å². The van der Waals surface area contributed by atoms with Gasteiger partial charge in [-0.15, -0.1) is 6.42 Å². The molecular weight excluding hydrogens is 277 g/mol. The lowest BCUT2D eigenvalue weighted by atomic mass is 10.1. The first-order valence-electron chi connectivity index (χ1n) is 6.20. The number of terminal acetylenes is 1. The highest BCUT2D eigenvalue weighted by Gasteiger charge is 2.19. The fourth-order valence-electron chi connectivity index (χ4n) is 2.06. The number of nitrogen functional groups attached to an aromatic ring is 1. The molecule has 5 heteroatoms. The maximum absolute atomic E-state index is 13.1. The molecule has 2 rings (SSSR count). The van der Waals surface area contributed by atoms with Gasteiger partial charge in [-0.25, -0.2) is 9.37 Å². The highest BCUT2D eigenvalue weighted by molar-refractivity contribution is 6.33. The van der Waals surface area contributed by atoms with Crippen LogP contribution in [-0.4, -0.2) is 9.55 Å². The minimum absolute atomic E-state index is 0.165. The van der Waals surface area contributed by atoms with E-state index in [9.17, 15) is 4.39 Å². The van der Waals surface area contributed by atoms with Crippen molar-refractivity contribution < 1.29 is 4.39 Å². The summed E-state index contributed by atoms with van der Waals surface area (Å²) in [6.07, 6.45) is 5.37. The smallest absolute Gasteiger partial charge is 0.132 e. The lowest BCUT2D eigenvalue weighted by Crippen LogP contribution is -2.07. The van der Waals surface area contributed by atoms with Gasteiger partial charge < -0.3 is 10.3 Å². The summed E-state index contributed by atoms with van der Waals surface area (Å²) in [6.45, 7) is 4.35. The number of nitrogens with zero attached hydrogens (tertiary/aromatic N) is 2. The van der Waals surface area contributed by atoms with E-state index >= 15 is 0 Å². The Labute approximate surface area is 122 Å². The molecular formula is C15H15ClFN3. The van der Waals surface area contributed by atoms with Gasteiger partial charge in [-0.05, 0) is 18.2 Å². The van der Waals surface area contributed by atoms with E-state index < -0.39 is 5.82 Å². The Morgan fingerprint density at radius 3 is 2.75 bits per heavy atom. The Hall–Kier alpha value is -1.99. The predicted octanol–water partition coefficient (Wildman–Crippen LogP) is 3.68. The molecule has 0 saturated carbocycles. The number of nitrogens with two attached hydrogens (primary N) is 1. The maximum Gasteiger partial charge on any atom is 0.132 e. The number of aromatic nitrogens is 2. The fraction of sp³-hybridized carbons (Fsp3) is 0.267. The molecule has 0 spiro atoms. The van der Waals surface area contributed by atoms with Gasteiger partial charge in [0.1, 0.15) is 23.2 Å². The molecule has 1 heterocycles. The van der Waals surface area contributed by atoms with Gasteiger partial charge in [0.2, 0.25) is 0 Å². The van der Waals surface area contributed by atoms with E-state index in [1.165, 1.54) is 12.1 Å². The van der Waals surface area contributed by atoms with Crippen molar-refractivity contribution in [3.8, 4) is 23.6 Å². The fourth-order valence-corrected chi connectivity index (χ4v) is 2.32.